The standard InChI is InChI=1S/C22H27N5O4.C21H28N2O4/c1-15-19(30-14-20-23-24-25-27(20)16-5-3-2-4-6-16)8-7-17-18(28)13-21(31-22(15)17)26-9-11-29-12-10-26;1-16-19(26-14-9-22-7-3-2-4-8-22)6-5-17-18(24)15-20(27-21(16)17)23-10-12-25-13-11-23/h7-8,13,16H,2-6,9-12,14H2,1H3;5-6,15H,2-4,7-14H2,1H3. The first-order valence-electron chi connectivity index (χ1n) is 21.0. The Hall–Kier alpha value is -4.99. The van der Waals surface area contributed by atoms with Crippen LogP contribution in [-0.4, -0.2) is 104 Å². The van der Waals surface area contributed by atoms with E-state index in [1.165, 1.54) is 38.5 Å². The van der Waals surface area contributed by atoms with Crippen LogP contribution >= 0.6 is 0 Å². The van der Waals surface area contributed by atoms with Crippen molar-refractivity contribution in [2.45, 2.75) is 77.9 Å². The van der Waals surface area contributed by atoms with E-state index in [-0.39, 0.29) is 17.5 Å². The van der Waals surface area contributed by atoms with E-state index in [0.717, 1.165) is 68.3 Å². The van der Waals surface area contributed by atoms with Crippen molar-refractivity contribution in [3.63, 3.8) is 0 Å². The van der Waals surface area contributed by atoms with Gasteiger partial charge in [-0.2, -0.15) is 0 Å². The predicted molar refractivity (Wildman–Crippen MR) is 221 cm³/mol. The van der Waals surface area contributed by atoms with Gasteiger partial charge in [0.05, 0.1) is 43.2 Å². The van der Waals surface area contributed by atoms with Gasteiger partial charge in [0.1, 0.15) is 35.9 Å². The lowest BCUT2D eigenvalue weighted by atomic mass is 9.96. The Kier molecular flexibility index (Phi) is 12.9. The van der Waals surface area contributed by atoms with Gasteiger partial charge in [0, 0.05) is 56.0 Å². The second-order valence-corrected chi connectivity index (χ2v) is 15.6. The van der Waals surface area contributed by atoms with Gasteiger partial charge in [-0.3, -0.25) is 14.5 Å². The molecule has 3 aliphatic heterocycles. The molecule has 3 saturated heterocycles. The highest BCUT2D eigenvalue weighted by atomic mass is 16.5. The quantitative estimate of drug-likeness (QED) is 0.167. The molecule has 15 heteroatoms. The molecule has 0 spiro atoms. The molecule has 3 aromatic heterocycles. The van der Waals surface area contributed by atoms with Crippen LogP contribution in [-0.2, 0) is 16.1 Å². The maximum Gasteiger partial charge on any atom is 0.200 e. The fraction of sp³-hybridized carbons (Fsp3) is 0.558. The van der Waals surface area contributed by atoms with Gasteiger partial charge in [-0.25, -0.2) is 4.68 Å². The molecule has 0 N–H and O–H groups in total. The highest BCUT2D eigenvalue weighted by molar-refractivity contribution is 5.83. The number of aryl methyl sites for hydroxylation is 2. The summed E-state index contributed by atoms with van der Waals surface area (Å²) in [5, 5.41) is 13.4. The van der Waals surface area contributed by atoms with Crippen LogP contribution in [0.3, 0.4) is 0 Å². The number of hydrogen-bond donors (Lipinski definition) is 0. The van der Waals surface area contributed by atoms with Crippen LogP contribution in [0.25, 0.3) is 21.9 Å². The summed E-state index contributed by atoms with van der Waals surface area (Å²) in [7, 11) is 0. The third-order valence-electron chi connectivity index (χ3n) is 11.8. The second kappa shape index (κ2) is 18.7. The summed E-state index contributed by atoms with van der Waals surface area (Å²) < 4.78 is 37.1. The number of tetrazole rings is 1. The molecule has 15 nitrogen and oxygen atoms in total. The van der Waals surface area contributed by atoms with Crippen molar-refractivity contribution in [3.8, 4) is 11.5 Å². The monoisotopic (exact) mass is 797 g/mol. The van der Waals surface area contributed by atoms with E-state index in [2.05, 4.69) is 25.3 Å². The average molecular weight is 798 g/mol. The normalized spacial score (nSPS) is 18.3. The molecule has 0 amide bonds. The Balaban J connectivity index is 0.000000164. The number of likely N-dealkylation sites (tertiary alicyclic amines) is 1. The van der Waals surface area contributed by atoms with Crippen LogP contribution in [0.15, 0.2) is 54.8 Å². The highest BCUT2D eigenvalue weighted by Gasteiger charge is 2.22. The Bertz CT molecular complexity index is 2270. The molecule has 6 heterocycles. The van der Waals surface area contributed by atoms with E-state index in [9.17, 15) is 9.59 Å². The summed E-state index contributed by atoms with van der Waals surface area (Å²) in [6, 6.07) is 10.8. The first-order chi connectivity index (χ1) is 28.4. The van der Waals surface area contributed by atoms with Crippen LogP contribution in [0.1, 0.15) is 74.4 Å². The van der Waals surface area contributed by atoms with Crippen molar-refractivity contribution < 1.29 is 27.8 Å². The Morgan fingerprint density at radius 2 is 1.21 bits per heavy atom. The van der Waals surface area contributed by atoms with Gasteiger partial charge in [-0.15, -0.1) is 5.10 Å². The van der Waals surface area contributed by atoms with Crippen LogP contribution < -0.4 is 30.1 Å². The van der Waals surface area contributed by atoms with Crippen molar-refractivity contribution in [1.29, 1.82) is 0 Å². The number of morpholine rings is 2. The Morgan fingerprint density at radius 1 is 0.672 bits per heavy atom. The van der Waals surface area contributed by atoms with E-state index >= 15 is 0 Å². The first kappa shape index (κ1) is 39.8. The van der Waals surface area contributed by atoms with Crippen molar-refractivity contribution in [3.05, 3.63) is 73.8 Å². The lowest BCUT2D eigenvalue weighted by Crippen LogP contribution is -2.36. The number of benzene rings is 2. The minimum atomic E-state index is -0.0568. The van der Waals surface area contributed by atoms with Crippen molar-refractivity contribution in [2.24, 2.45) is 0 Å². The largest absolute Gasteiger partial charge is 0.492 e. The molecule has 58 heavy (non-hydrogen) atoms. The molecule has 0 radical (unpaired) electrons. The van der Waals surface area contributed by atoms with Crippen LogP contribution in [0, 0.1) is 13.8 Å². The molecule has 5 aromatic rings. The van der Waals surface area contributed by atoms with Gasteiger partial charge in [-0.1, -0.05) is 25.7 Å². The molecule has 0 atom stereocenters. The van der Waals surface area contributed by atoms with E-state index in [1.807, 2.05) is 41.6 Å². The van der Waals surface area contributed by atoms with Crippen LogP contribution in [0.5, 0.6) is 11.5 Å². The molecule has 1 aliphatic carbocycles. The molecule has 9 rings (SSSR count). The SMILES string of the molecule is Cc1c(OCCN2CCCCC2)ccc2c(=O)cc(N3CCOCC3)oc12.Cc1c(OCc2nnnn2C2CCCCC2)ccc2c(=O)cc(N3CCOCC3)oc12. The van der Waals surface area contributed by atoms with Crippen molar-refractivity contribution >= 4 is 33.7 Å². The number of ether oxygens (including phenoxy) is 4. The summed E-state index contributed by atoms with van der Waals surface area (Å²) in [5.41, 5.74) is 2.79. The molecular weight excluding hydrogens is 743 g/mol. The van der Waals surface area contributed by atoms with Gasteiger partial charge in [-0.05, 0) is 87.3 Å². The second-order valence-electron chi connectivity index (χ2n) is 15.6. The third kappa shape index (κ3) is 9.16. The number of fused-ring (bicyclic) bond motifs is 2. The Morgan fingerprint density at radius 3 is 1.78 bits per heavy atom. The van der Waals surface area contributed by atoms with E-state index in [1.54, 1.807) is 18.2 Å². The molecule has 0 bridgehead atoms. The smallest absolute Gasteiger partial charge is 0.200 e. The van der Waals surface area contributed by atoms with Crippen molar-refractivity contribution in [2.75, 3.05) is 88.6 Å². The lowest BCUT2D eigenvalue weighted by molar-refractivity contribution is 0.120. The fourth-order valence-corrected chi connectivity index (χ4v) is 8.36. The summed E-state index contributed by atoms with van der Waals surface area (Å²) in [4.78, 5) is 31.8. The van der Waals surface area contributed by atoms with Gasteiger partial charge >= 0.3 is 0 Å². The van der Waals surface area contributed by atoms with Gasteiger partial charge in [0.2, 0.25) is 0 Å². The average Bonchev–Trinajstić information content (AvgIpc) is 3.75. The number of rotatable bonds is 10. The number of hydrogen-bond acceptors (Lipinski definition) is 14. The zero-order valence-electron chi connectivity index (χ0n) is 33.8. The molecule has 310 valence electrons. The van der Waals surface area contributed by atoms with Gasteiger partial charge in [0.25, 0.3) is 0 Å². The molecule has 4 fully saturated rings. The van der Waals surface area contributed by atoms with Crippen LogP contribution in [0.4, 0.5) is 11.8 Å². The number of piperidine rings is 1. The topological polar surface area (TPSA) is 151 Å². The molecule has 1 saturated carbocycles. The Labute approximate surface area is 337 Å². The predicted octanol–water partition coefficient (Wildman–Crippen LogP) is 5.81. The summed E-state index contributed by atoms with van der Waals surface area (Å²) in [5.74, 6) is 3.36. The molecule has 0 unspecified atom stereocenters. The summed E-state index contributed by atoms with van der Waals surface area (Å²) >= 11 is 0. The highest BCUT2D eigenvalue weighted by Crippen LogP contribution is 2.32. The first-order valence-corrected chi connectivity index (χ1v) is 21.0. The van der Waals surface area contributed by atoms with Crippen molar-refractivity contribution in [1.82, 2.24) is 25.1 Å². The minimum Gasteiger partial charge on any atom is -0.492 e. The maximum atomic E-state index is 12.7. The molecule has 4 aliphatic rings. The minimum absolute atomic E-state index is 0.0132. The third-order valence-corrected chi connectivity index (χ3v) is 11.8. The number of aromatic nitrogens is 4. The van der Waals surface area contributed by atoms with E-state index in [4.69, 9.17) is 27.8 Å². The zero-order valence-corrected chi connectivity index (χ0v) is 33.8. The summed E-state index contributed by atoms with van der Waals surface area (Å²) in [6.07, 6.45) is 9.79. The summed E-state index contributed by atoms with van der Waals surface area (Å²) in [6.45, 7) is 13.5. The van der Waals surface area contributed by atoms with Crippen LogP contribution in [0.2, 0.25) is 0 Å². The molecular formula is C43H55N7O8. The fourth-order valence-electron chi connectivity index (χ4n) is 8.36. The van der Waals surface area contributed by atoms with Gasteiger partial charge in [0.15, 0.2) is 28.5 Å². The lowest BCUT2D eigenvalue weighted by Gasteiger charge is -2.27. The number of nitrogens with zero attached hydrogens (tertiary/aromatic N) is 7. The molecule has 2 aromatic carbocycles. The maximum absolute atomic E-state index is 12.7. The van der Waals surface area contributed by atoms with E-state index in [0.29, 0.717) is 91.6 Å². The zero-order chi connectivity index (χ0) is 39.8. The van der Waals surface area contributed by atoms with E-state index < -0.39 is 0 Å². The number of anilines is 2. The van der Waals surface area contributed by atoms with Gasteiger partial charge < -0.3 is 37.6 Å².